The number of aryl methyl sites for hydroxylation is 1. The maximum Gasteiger partial charge on any atom is 0.0724 e. The minimum Gasteiger partial charge on any atom is -0.361 e. The molecule has 2 heterocycles. The first-order valence-corrected chi connectivity index (χ1v) is 6.36. The molecule has 19 heavy (non-hydrogen) atoms. The predicted molar refractivity (Wildman–Crippen MR) is 75.6 cm³/mol. The number of hydrogen-bond acceptors (Lipinski definition) is 3. The van der Waals surface area contributed by atoms with E-state index in [2.05, 4.69) is 44.5 Å². The van der Waals surface area contributed by atoms with Crippen LogP contribution in [0, 0.1) is 6.92 Å². The minimum atomic E-state index is 0.730. The second-order valence-electron chi connectivity index (χ2n) is 4.61. The van der Waals surface area contributed by atoms with Crippen LogP contribution in [0.25, 0.3) is 10.9 Å². The summed E-state index contributed by atoms with van der Waals surface area (Å²) >= 11 is 0. The largest absolute Gasteiger partial charge is 0.361 e. The fourth-order valence-corrected chi connectivity index (χ4v) is 2.14. The van der Waals surface area contributed by atoms with E-state index in [1.807, 2.05) is 19.3 Å². The Hall–Kier alpha value is -2.20. The molecule has 0 amide bonds. The second kappa shape index (κ2) is 5.20. The van der Waals surface area contributed by atoms with E-state index in [-0.39, 0.29) is 0 Å². The molecule has 0 unspecified atom stereocenters. The Bertz CT molecular complexity index is 670. The van der Waals surface area contributed by atoms with Gasteiger partial charge in [-0.2, -0.15) is 0 Å². The highest BCUT2D eigenvalue weighted by atomic mass is 14.9. The first kappa shape index (κ1) is 11.9. The van der Waals surface area contributed by atoms with Gasteiger partial charge in [0, 0.05) is 42.6 Å². The molecule has 4 nitrogen and oxygen atoms in total. The van der Waals surface area contributed by atoms with Crippen molar-refractivity contribution < 1.29 is 0 Å². The summed E-state index contributed by atoms with van der Waals surface area (Å²) in [5.74, 6) is 0. The number of rotatable bonds is 4. The van der Waals surface area contributed by atoms with Gasteiger partial charge in [0.05, 0.1) is 11.4 Å². The third kappa shape index (κ3) is 2.63. The van der Waals surface area contributed by atoms with Crippen molar-refractivity contribution in [3.05, 3.63) is 59.8 Å². The van der Waals surface area contributed by atoms with Gasteiger partial charge in [0.25, 0.3) is 0 Å². The van der Waals surface area contributed by atoms with Gasteiger partial charge in [0.15, 0.2) is 0 Å². The van der Waals surface area contributed by atoms with Crippen LogP contribution in [0.3, 0.4) is 0 Å². The molecule has 1 aromatic carbocycles. The average Bonchev–Trinajstić information content (AvgIpc) is 2.90. The molecule has 2 N–H and O–H groups in total. The predicted octanol–water partition coefficient (Wildman–Crippen LogP) is 2.56. The Kier molecular flexibility index (Phi) is 3.25. The van der Waals surface area contributed by atoms with Crippen molar-refractivity contribution in [1.82, 2.24) is 20.3 Å². The number of hydrogen-bond donors (Lipinski definition) is 2. The molecule has 0 spiro atoms. The number of nitrogens with one attached hydrogen (secondary N) is 2. The molecular weight excluding hydrogens is 236 g/mol. The summed E-state index contributed by atoms with van der Waals surface area (Å²) in [6.07, 6.45) is 5.59. The minimum absolute atomic E-state index is 0.730. The Balaban J connectivity index is 1.66. The van der Waals surface area contributed by atoms with Gasteiger partial charge in [-0.3, -0.25) is 9.97 Å². The maximum atomic E-state index is 4.33. The van der Waals surface area contributed by atoms with Crippen LogP contribution in [0.2, 0.25) is 0 Å². The Morgan fingerprint density at radius 1 is 1.11 bits per heavy atom. The van der Waals surface area contributed by atoms with Crippen molar-refractivity contribution in [1.29, 1.82) is 0 Å². The summed E-state index contributed by atoms with van der Waals surface area (Å²) in [4.78, 5) is 11.8. The van der Waals surface area contributed by atoms with E-state index in [9.17, 15) is 0 Å². The number of fused-ring (bicyclic) bond motifs is 1. The van der Waals surface area contributed by atoms with Crippen LogP contribution in [0.4, 0.5) is 0 Å². The van der Waals surface area contributed by atoms with Crippen molar-refractivity contribution in [2.75, 3.05) is 0 Å². The summed E-state index contributed by atoms with van der Waals surface area (Å²) in [7, 11) is 0. The number of aromatic amines is 1. The lowest BCUT2D eigenvalue weighted by Crippen LogP contribution is -2.14. The lowest BCUT2D eigenvalue weighted by atomic mass is 10.1. The molecular formula is C15H16N4. The molecule has 0 bridgehead atoms. The van der Waals surface area contributed by atoms with Crippen molar-refractivity contribution in [3.63, 3.8) is 0 Å². The van der Waals surface area contributed by atoms with Crippen LogP contribution in [0.15, 0.2) is 42.9 Å². The maximum absolute atomic E-state index is 4.33. The number of nitrogens with zero attached hydrogens (tertiary/aromatic N) is 2. The molecule has 0 fully saturated rings. The lowest BCUT2D eigenvalue weighted by molar-refractivity contribution is 0.678. The van der Waals surface area contributed by atoms with Gasteiger partial charge in [-0.25, -0.2) is 0 Å². The zero-order chi connectivity index (χ0) is 13.1. The van der Waals surface area contributed by atoms with Crippen LogP contribution in [-0.4, -0.2) is 15.0 Å². The van der Waals surface area contributed by atoms with Gasteiger partial charge in [-0.15, -0.1) is 0 Å². The SMILES string of the molecule is Cc1cnc(CNCc2cccc3[nH]ccc23)cn1. The quantitative estimate of drug-likeness (QED) is 0.750. The highest BCUT2D eigenvalue weighted by Crippen LogP contribution is 2.17. The van der Waals surface area contributed by atoms with Crippen molar-refractivity contribution in [3.8, 4) is 0 Å². The van der Waals surface area contributed by atoms with E-state index in [4.69, 9.17) is 0 Å². The molecule has 0 saturated heterocycles. The van der Waals surface area contributed by atoms with Crippen molar-refractivity contribution in [2.45, 2.75) is 20.0 Å². The van der Waals surface area contributed by atoms with Crippen LogP contribution in [0.1, 0.15) is 17.0 Å². The van der Waals surface area contributed by atoms with E-state index >= 15 is 0 Å². The van der Waals surface area contributed by atoms with E-state index in [1.54, 1.807) is 6.20 Å². The average molecular weight is 252 g/mol. The highest BCUT2D eigenvalue weighted by molar-refractivity contribution is 5.82. The van der Waals surface area contributed by atoms with Crippen LogP contribution < -0.4 is 5.32 Å². The van der Waals surface area contributed by atoms with Gasteiger partial charge in [-0.1, -0.05) is 12.1 Å². The van der Waals surface area contributed by atoms with E-state index in [0.29, 0.717) is 0 Å². The summed E-state index contributed by atoms with van der Waals surface area (Å²) < 4.78 is 0. The topological polar surface area (TPSA) is 53.6 Å². The van der Waals surface area contributed by atoms with Crippen molar-refractivity contribution >= 4 is 10.9 Å². The molecule has 3 rings (SSSR count). The third-order valence-corrected chi connectivity index (χ3v) is 3.14. The second-order valence-corrected chi connectivity index (χ2v) is 4.61. The van der Waals surface area contributed by atoms with Gasteiger partial charge in [0.1, 0.15) is 0 Å². The molecule has 4 heteroatoms. The van der Waals surface area contributed by atoms with Gasteiger partial charge in [0.2, 0.25) is 0 Å². The molecule has 0 aliphatic rings. The lowest BCUT2D eigenvalue weighted by Gasteiger charge is -2.06. The molecule has 0 saturated carbocycles. The number of aromatic nitrogens is 3. The Morgan fingerprint density at radius 2 is 2.05 bits per heavy atom. The van der Waals surface area contributed by atoms with Crippen LogP contribution >= 0.6 is 0 Å². The Labute approximate surface area is 111 Å². The Morgan fingerprint density at radius 3 is 2.89 bits per heavy atom. The molecule has 96 valence electrons. The first-order chi connectivity index (χ1) is 9.33. The number of H-pyrrole nitrogens is 1. The molecule has 0 atom stereocenters. The summed E-state index contributed by atoms with van der Waals surface area (Å²) in [6.45, 7) is 3.50. The van der Waals surface area contributed by atoms with E-state index < -0.39 is 0 Å². The fraction of sp³-hybridized carbons (Fsp3) is 0.200. The third-order valence-electron chi connectivity index (χ3n) is 3.14. The fourth-order valence-electron chi connectivity index (χ4n) is 2.14. The van der Waals surface area contributed by atoms with E-state index in [0.717, 1.165) is 24.5 Å². The zero-order valence-corrected chi connectivity index (χ0v) is 10.9. The standard InChI is InChI=1S/C15H16N4/c1-11-7-19-13(10-18-11)9-16-8-12-3-2-4-15-14(12)5-6-17-15/h2-7,10,16-17H,8-9H2,1H3. The molecule has 2 aromatic heterocycles. The molecule has 3 aromatic rings. The monoisotopic (exact) mass is 252 g/mol. The van der Waals surface area contributed by atoms with Crippen molar-refractivity contribution in [2.24, 2.45) is 0 Å². The summed E-state index contributed by atoms with van der Waals surface area (Å²) in [5, 5.41) is 4.67. The molecule has 0 radical (unpaired) electrons. The molecule has 0 aliphatic heterocycles. The first-order valence-electron chi connectivity index (χ1n) is 6.36. The summed E-state index contributed by atoms with van der Waals surface area (Å²) in [5.41, 5.74) is 4.38. The smallest absolute Gasteiger partial charge is 0.0724 e. The van der Waals surface area contributed by atoms with Crippen LogP contribution in [0.5, 0.6) is 0 Å². The van der Waals surface area contributed by atoms with Crippen LogP contribution in [-0.2, 0) is 13.1 Å². The zero-order valence-electron chi connectivity index (χ0n) is 10.9. The van der Waals surface area contributed by atoms with Gasteiger partial charge >= 0.3 is 0 Å². The van der Waals surface area contributed by atoms with E-state index in [1.165, 1.54) is 16.5 Å². The summed E-state index contributed by atoms with van der Waals surface area (Å²) in [6, 6.07) is 8.41. The molecule has 0 aliphatic carbocycles. The van der Waals surface area contributed by atoms with Gasteiger partial charge in [-0.05, 0) is 24.6 Å². The van der Waals surface area contributed by atoms with Gasteiger partial charge < -0.3 is 10.3 Å². The highest BCUT2D eigenvalue weighted by Gasteiger charge is 2.01. The normalized spacial score (nSPS) is 11.0. The number of benzene rings is 1.